The normalized spacial score (nSPS) is 11.3. The van der Waals surface area contributed by atoms with E-state index in [9.17, 15) is 0 Å². The van der Waals surface area contributed by atoms with Crippen molar-refractivity contribution in [3.63, 3.8) is 0 Å². The third kappa shape index (κ3) is 6.17. The van der Waals surface area contributed by atoms with Crippen molar-refractivity contribution in [3.05, 3.63) is 135 Å². The van der Waals surface area contributed by atoms with Crippen LogP contribution in [0.15, 0.2) is 120 Å². The molecule has 1 N–H and O–H groups in total. The van der Waals surface area contributed by atoms with Crippen LogP contribution in [0.5, 0.6) is 0 Å². The molecule has 0 atom stereocenters. The first-order valence-corrected chi connectivity index (χ1v) is 14.3. The lowest BCUT2D eigenvalue weighted by molar-refractivity contribution is 0.590. The molecular weight excluding hydrogens is 587 g/mol. The van der Waals surface area contributed by atoms with Gasteiger partial charge in [-0.1, -0.05) is 105 Å². The van der Waals surface area contributed by atoms with Crippen LogP contribution in [-0.4, -0.2) is 0 Å². The zero-order valence-corrected chi connectivity index (χ0v) is 25.1. The molecule has 0 aliphatic heterocycles. The van der Waals surface area contributed by atoms with E-state index in [4.69, 9.17) is 23.2 Å². The molecule has 5 aromatic rings. The summed E-state index contributed by atoms with van der Waals surface area (Å²) in [5.41, 5.74) is 8.20. The standard InChI is InChI=1S/C34H29BrCl2N2/c1-34(2,3)24-17-18-31(29(19-24)23-11-6-4-7-12-23)39(32-21-25(36)20-30(35)33(32)37)28-16-10-15-27(22-28)38-26-13-8-5-9-14-26/h4-22,38H,1-3H3. The number of halogens is 3. The largest absolute Gasteiger partial charge is 0.355 e. The number of rotatable bonds is 6. The Bertz CT molecular complexity index is 1600. The summed E-state index contributed by atoms with van der Waals surface area (Å²) in [4.78, 5) is 2.18. The van der Waals surface area contributed by atoms with Crippen molar-refractivity contribution >= 4 is 67.6 Å². The van der Waals surface area contributed by atoms with E-state index >= 15 is 0 Å². The fourth-order valence-electron chi connectivity index (χ4n) is 4.57. The highest BCUT2D eigenvalue weighted by molar-refractivity contribution is 9.10. The Labute approximate surface area is 249 Å². The van der Waals surface area contributed by atoms with E-state index in [1.165, 1.54) is 5.56 Å². The lowest BCUT2D eigenvalue weighted by Gasteiger charge is -2.31. The first-order chi connectivity index (χ1) is 18.7. The van der Waals surface area contributed by atoms with Gasteiger partial charge in [-0.15, -0.1) is 0 Å². The molecule has 0 bridgehead atoms. The van der Waals surface area contributed by atoms with Gasteiger partial charge >= 0.3 is 0 Å². The smallest absolute Gasteiger partial charge is 0.0789 e. The van der Waals surface area contributed by atoms with Crippen LogP contribution in [0.4, 0.5) is 28.4 Å². The second-order valence-electron chi connectivity index (χ2n) is 10.4. The predicted octanol–water partition coefficient (Wildman–Crippen LogP) is 11.9. The molecule has 5 aromatic carbocycles. The van der Waals surface area contributed by atoms with Crippen molar-refractivity contribution in [1.82, 2.24) is 0 Å². The van der Waals surface area contributed by atoms with E-state index in [0.717, 1.165) is 44.0 Å². The first kappa shape index (κ1) is 27.3. The van der Waals surface area contributed by atoms with Gasteiger partial charge in [0.25, 0.3) is 0 Å². The minimum Gasteiger partial charge on any atom is -0.355 e. The Kier molecular flexibility index (Phi) is 8.04. The SMILES string of the molecule is CC(C)(C)c1ccc(N(c2cccc(Nc3ccccc3)c2)c2cc(Cl)cc(Br)c2Cl)c(-c2ccccc2)c1. The summed E-state index contributed by atoms with van der Waals surface area (Å²) in [6, 6.07) is 39.4. The molecule has 5 rings (SSSR count). The fraction of sp³-hybridized carbons (Fsp3) is 0.118. The number of hydrogen-bond acceptors (Lipinski definition) is 2. The quantitative estimate of drug-likeness (QED) is 0.191. The van der Waals surface area contributed by atoms with Gasteiger partial charge in [-0.05, 0) is 87.1 Å². The molecule has 39 heavy (non-hydrogen) atoms. The van der Waals surface area contributed by atoms with Crippen LogP contribution in [-0.2, 0) is 5.41 Å². The van der Waals surface area contributed by atoms with Crippen LogP contribution in [0.3, 0.4) is 0 Å². The summed E-state index contributed by atoms with van der Waals surface area (Å²) >= 11 is 17.2. The van der Waals surface area contributed by atoms with Gasteiger partial charge in [-0.3, -0.25) is 0 Å². The summed E-state index contributed by atoms with van der Waals surface area (Å²) in [6.07, 6.45) is 0. The Balaban J connectivity index is 1.75. The second-order valence-corrected chi connectivity index (χ2v) is 12.1. The fourth-order valence-corrected chi connectivity index (χ4v) is 5.56. The number of nitrogens with zero attached hydrogens (tertiary/aromatic N) is 1. The zero-order chi connectivity index (χ0) is 27.6. The molecule has 0 unspecified atom stereocenters. The van der Waals surface area contributed by atoms with Gasteiger partial charge in [0.2, 0.25) is 0 Å². The highest BCUT2D eigenvalue weighted by atomic mass is 79.9. The van der Waals surface area contributed by atoms with Gasteiger partial charge < -0.3 is 10.2 Å². The van der Waals surface area contributed by atoms with E-state index in [2.05, 4.69) is 108 Å². The molecule has 0 aliphatic carbocycles. The van der Waals surface area contributed by atoms with Crippen LogP contribution in [0.25, 0.3) is 11.1 Å². The van der Waals surface area contributed by atoms with Gasteiger partial charge in [0.15, 0.2) is 0 Å². The minimum atomic E-state index is -0.0108. The molecule has 0 aliphatic rings. The number of anilines is 5. The van der Waals surface area contributed by atoms with E-state index < -0.39 is 0 Å². The molecule has 0 saturated carbocycles. The van der Waals surface area contributed by atoms with Gasteiger partial charge in [0, 0.05) is 32.1 Å². The first-order valence-electron chi connectivity index (χ1n) is 12.8. The maximum absolute atomic E-state index is 6.97. The van der Waals surface area contributed by atoms with Crippen molar-refractivity contribution in [2.75, 3.05) is 10.2 Å². The second kappa shape index (κ2) is 11.5. The number of hydrogen-bond donors (Lipinski definition) is 1. The van der Waals surface area contributed by atoms with Crippen LogP contribution in [0.2, 0.25) is 10.0 Å². The average Bonchev–Trinajstić information content (AvgIpc) is 2.92. The Morgan fingerprint density at radius 1 is 0.667 bits per heavy atom. The van der Waals surface area contributed by atoms with Crippen molar-refractivity contribution in [2.24, 2.45) is 0 Å². The predicted molar refractivity (Wildman–Crippen MR) is 173 cm³/mol. The zero-order valence-electron chi connectivity index (χ0n) is 22.1. The molecule has 0 fully saturated rings. The maximum atomic E-state index is 6.97. The number of para-hydroxylation sites is 1. The van der Waals surface area contributed by atoms with E-state index in [1.54, 1.807) is 0 Å². The lowest BCUT2D eigenvalue weighted by Crippen LogP contribution is -2.15. The van der Waals surface area contributed by atoms with Crippen LogP contribution in [0, 0.1) is 0 Å². The molecule has 196 valence electrons. The Morgan fingerprint density at radius 3 is 2.03 bits per heavy atom. The molecule has 0 amide bonds. The van der Waals surface area contributed by atoms with Gasteiger partial charge in [-0.2, -0.15) is 0 Å². The van der Waals surface area contributed by atoms with Gasteiger partial charge in [0.1, 0.15) is 0 Å². The topological polar surface area (TPSA) is 15.3 Å². The monoisotopic (exact) mass is 614 g/mol. The van der Waals surface area contributed by atoms with Gasteiger partial charge in [0.05, 0.1) is 16.4 Å². The number of nitrogens with one attached hydrogen (secondary N) is 1. The van der Waals surface area contributed by atoms with E-state index in [-0.39, 0.29) is 5.41 Å². The minimum absolute atomic E-state index is 0.0108. The van der Waals surface area contributed by atoms with E-state index in [0.29, 0.717) is 10.0 Å². The summed E-state index contributed by atoms with van der Waals surface area (Å²) in [7, 11) is 0. The van der Waals surface area contributed by atoms with Crippen molar-refractivity contribution in [2.45, 2.75) is 26.2 Å². The molecule has 0 spiro atoms. The molecular formula is C34H29BrCl2N2. The molecule has 0 radical (unpaired) electrons. The van der Waals surface area contributed by atoms with Crippen LogP contribution >= 0.6 is 39.1 Å². The van der Waals surface area contributed by atoms with Crippen molar-refractivity contribution in [1.29, 1.82) is 0 Å². The lowest BCUT2D eigenvalue weighted by atomic mass is 9.84. The summed E-state index contributed by atoms with van der Waals surface area (Å²) in [5.74, 6) is 0. The molecule has 5 heteroatoms. The highest BCUT2D eigenvalue weighted by Gasteiger charge is 2.24. The summed E-state index contributed by atoms with van der Waals surface area (Å²) < 4.78 is 0.739. The van der Waals surface area contributed by atoms with Crippen LogP contribution in [0.1, 0.15) is 26.3 Å². The van der Waals surface area contributed by atoms with Gasteiger partial charge in [-0.25, -0.2) is 0 Å². The van der Waals surface area contributed by atoms with Crippen molar-refractivity contribution in [3.8, 4) is 11.1 Å². The molecule has 0 heterocycles. The molecule has 2 nitrogen and oxygen atoms in total. The highest BCUT2D eigenvalue weighted by Crippen LogP contribution is 2.47. The van der Waals surface area contributed by atoms with Crippen LogP contribution < -0.4 is 10.2 Å². The third-order valence-corrected chi connectivity index (χ3v) is 8.04. The average molecular weight is 616 g/mol. The summed E-state index contributed by atoms with van der Waals surface area (Å²) in [6.45, 7) is 6.70. The summed E-state index contributed by atoms with van der Waals surface area (Å²) in [5, 5.41) is 4.70. The Hall–Kier alpha value is -3.24. The third-order valence-electron chi connectivity index (χ3n) is 6.57. The molecule has 0 saturated heterocycles. The number of benzene rings is 5. The maximum Gasteiger partial charge on any atom is 0.0789 e. The Morgan fingerprint density at radius 2 is 1.33 bits per heavy atom. The van der Waals surface area contributed by atoms with Crippen molar-refractivity contribution < 1.29 is 0 Å². The molecule has 0 aromatic heterocycles. The van der Waals surface area contributed by atoms with E-state index in [1.807, 2.05) is 54.6 Å².